The summed E-state index contributed by atoms with van der Waals surface area (Å²) in [5, 5.41) is 12.3. The van der Waals surface area contributed by atoms with Crippen LogP contribution in [0, 0.1) is 11.3 Å². The van der Waals surface area contributed by atoms with Gasteiger partial charge in [-0.15, -0.1) is 0 Å². The molecule has 0 amide bonds. The summed E-state index contributed by atoms with van der Waals surface area (Å²) in [6.45, 7) is 7.02. The lowest BCUT2D eigenvalue weighted by atomic mass is 10.1. The van der Waals surface area contributed by atoms with E-state index < -0.39 is 8.07 Å². The molecule has 0 atom stereocenters. The molecule has 0 saturated heterocycles. The van der Waals surface area contributed by atoms with Gasteiger partial charge in [0.05, 0.1) is 11.6 Å². The third-order valence-electron chi connectivity index (χ3n) is 4.23. The highest BCUT2D eigenvalue weighted by Gasteiger charge is 2.27. The van der Waals surface area contributed by atoms with Gasteiger partial charge in [-0.2, -0.15) is 5.26 Å². The Hall–Kier alpha value is -2.11. The first-order chi connectivity index (χ1) is 10.6. The summed E-state index contributed by atoms with van der Waals surface area (Å²) in [4.78, 5) is 0. The predicted octanol–water partition coefficient (Wildman–Crippen LogP) is 4.90. The maximum Gasteiger partial charge on any atom is 0.107 e. The Bertz CT molecular complexity index is 693. The number of nitriles is 1. The van der Waals surface area contributed by atoms with Crippen molar-refractivity contribution in [3.63, 3.8) is 0 Å². The summed E-state index contributed by atoms with van der Waals surface area (Å²) >= 11 is 0. The number of rotatable bonds is 5. The lowest BCUT2D eigenvalue weighted by molar-refractivity contribution is 0.941. The third-order valence-corrected chi connectivity index (χ3v) is 8.01. The predicted molar refractivity (Wildman–Crippen MR) is 97.6 cm³/mol. The summed E-state index contributed by atoms with van der Waals surface area (Å²) in [7, 11) is -1.70. The molecule has 0 aliphatic rings. The number of hydrogen-bond acceptors (Lipinski definition) is 1. The van der Waals surface area contributed by atoms with Gasteiger partial charge in [-0.25, -0.2) is 0 Å². The smallest absolute Gasteiger partial charge is 0.107 e. The van der Waals surface area contributed by atoms with E-state index in [0.717, 1.165) is 24.0 Å². The number of allylic oxidation sites excluding steroid dienone is 1. The van der Waals surface area contributed by atoms with Crippen LogP contribution in [0.5, 0.6) is 0 Å². The largest absolute Gasteiger partial charge is 0.192 e. The van der Waals surface area contributed by atoms with Crippen LogP contribution in [0.25, 0.3) is 6.08 Å². The van der Waals surface area contributed by atoms with E-state index in [-0.39, 0.29) is 0 Å². The highest BCUT2D eigenvalue weighted by molar-refractivity contribution is 6.96. The summed E-state index contributed by atoms with van der Waals surface area (Å²) in [6, 6.07) is 21.0. The zero-order valence-electron chi connectivity index (χ0n) is 13.6. The molecule has 22 heavy (non-hydrogen) atoms. The van der Waals surface area contributed by atoms with E-state index >= 15 is 0 Å². The molecule has 0 aliphatic heterocycles. The molecule has 0 bridgehead atoms. The molecule has 0 aromatic heterocycles. The Kier molecular flexibility index (Phi) is 5.35. The van der Waals surface area contributed by atoms with Crippen molar-refractivity contribution in [2.24, 2.45) is 0 Å². The highest BCUT2D eigenvalue weighted by atomic mass is 28.3. The van der Waals surface area contributed by atoms with Crippen molar-refractivity contribution >= 4 is 19.3 Å². The lowest BCUT2D eigenvalue weighted by Crippen LogP contribution is -2.43. The van der Waals surface area contributed by atoms with E-state index in [1.165, 1.54) is 10.4 Å². The molecule has 0 spiro atoms. The molecular formula is C20H23NSi. The second-order valence-electron chi connectivity index (χ2n) is 6.11. The van der Waals surface area contributed by atoms with Gasteiger partial charge in [-0.05, 0) is 18.1 Å². The van der Waals surface area contributed by atoms with Crippen LogP contribution in [-0.2, 0) is 0 Å². The maximum absolute atomic E-state index is 9.31. The highest BCUT2D eigenvalue weighted by Crippen LogP contribution is 2.24. The minimum atomic E-state index is -1.70. The summed E-state index contributed by atoms with van der Waals surface area (Å²) in [5.41, 5.74) is 1.80. The molecule has 2 aromatic rings. The summed E-state index contributed by atoms with van der Waals surface area (Å²) in [5.74, 6) is 0. The van der Waals surface area contributed by atoms with Crippen LogP contribution in [0.3, 0.4) is 0 Å². The molecule has 2 rings (SSSR count). The Labute approximate surface area is 134 Å². The quantitative estimate of drug-likeness (QED) is 0.721. The van der Waals surface area contributed by atoms with Gasteiger partial charge in [0.1, 0.15) is 8.07 Å². The van der Waals surface area contributed by atoms with Gasteiger partial charge >= 0.3 is 0 Å². The Morgan fingerprint density at radius 3 is 2.32 bits per heavy atom. The molecule has 1 nitrogen and oxygen atoms in total. The fourth-order valence-electron chi connectivity index (χ4n) is 2.79. The average molecular weight is 305 g/mol. The van der Waals surface area contributed by atoms with Gasteiger partial charge in [0.2, 0.25) is 0 Å². The minimum absolute atomic E-state index is 0.758. The first kappa shape index (κ1) is 16.3. The number of hydrogen-bond donors (Lipinski definition) is 0. The Morgan fingerprint density at radius 2 is 1.68 bits per heavy atom. The molecule has 112 valence electrons. The van der Waals surface area contributed by atoms with Crippen LogP contribution in [0.2, 0.25) is 13.1 Å². The third kappa shape index (κ3) is 3.55. The van der Waals surface area contributed by atoms with E-state index in [9.17, 15) is 5.26 Å². The first-order valence-electron chi connectivity index (χ1n) is 7.85. The topological polar surface area (TPSA) is 23.8 Å². The zero-order chi connectivity index (χ0) is 16.0. The van der Waals surface area contributed by atoms with Crippen molar-refractivity contribution in [3.05, 3.63) is 70.9 Å². The van der Waals surface area contributed by atoms with E-state index in [1.807, 2.05) is 24.3 Å². The summed E-state index contributed by atoms with van der Waals surface area (Å²) < 4.78 is 0. The van der Waals surface area contributed by atoms with E-state index in [2.05, 4.69) is 62.5 Å². The normalized spacial score (nSPS) is 12.0. The molecule has 0 fully saturated rings. The molecular weight excluding hydrogens is 282 g/mol. The van der Waals surface area contributed by atoms with Gasteiger partial charge in [-0.3, -0.25) is 0 Å². The van der Waals surface area contributed by atoms with Crippen molar-refractivity contribution in [3.8, 4) is 6.07 Å². The van der Waals surface area contributed by atoms with Crippen LogP contribution in [-0.4, -0.2) is 8.07 Å². The van der Waals surface area contributed by atoms with Gasteiger partial charge in [0.25, 0.3) is 0 Å². The second kappa shape index (κ2) is 7.24. The van der Waals surface area contributed by atoms with Crippen molar-refractivity contribution in [1.29, 1.82) is 5.26 Å². The van der Waals surface area contributed by atoms with Crippen molar-refractivity contribution in [2.75, 3.05) is 0 Å². The van der Waals surface area contributed by atoms with Crippen molar-refractivity contribution in [1.82, 2.24) is 0 Å². The molecule has 0 N–H and O–H groups in total. The number of benzene rings is 2. The van der Waals surface area contributed by atoms with Crippen molar-refractivity contribution < 1.29 is 0 Å². The SMILES string of the molecule is CCC/C(=C\c1ccccc1C#N)[Si](C)(C)c1ccccc1. The van der Waals surface area contributed by atoms with Gasteiger partial charge < -0.3 is 0 Å². The fourth-order valence-corrected chi connectivity index (χ4v) is 5.57. The van der Waals surface area contributed by atoms with Crippen LogP contribution in [0.15, 0.2) is 59.8 Å². The van der Waals surface area contributed by atoms with Crippen LogP contribution in [0.1, 0.15) is 30.9 Å². The van der Waals surface area contributed by atoms with Gasteiger partial charge in [0.15, 0.2) is 0 Å². The molecule has 0 radical (unpaired) electrons. The molecule has 0 saturated carbocycles. The fraction of sp³-hybridized carbons (Fsp3) is 0.250. The van der Waals surface area contributed by atoms with Gasteiger partial charge in [-0.1, -0.05) is 91.4 Å². The first-order valence-corrected chi connectivity index (χ1v) is 10.8. The Balaban J connectivity index is 2.50. The zero-order valence-corrected chi connectivity index (χ0v) is 14.6. The van der Waals surface area contributed by atoms with Gasteiger partial charge in [0, 0.05) is 0 Å². The minimum Gasteiger partial charge on any atom is -0.192 e. The number of nitrogens with zero attached hydrogens (tertiary/aromatic N) is 1. The maximum atomic E-state index is 9.31. The average Bonchev–Trinajstić information content (AvgIpc) is 2.55. The molecule has 2 aromatic carbocycles. The monoisotopic (exact) mass is 305 g/mol. The van der Waals surface area contributed by atoms with Crippen LogP contribution >= 0.6 is 0 Å². The van der Waals surface area contributed by atoms with Crippen LogP contribution < -0.4 is 5.19 Å². The lowest BCUT2D eigenvalue weighted by Gasteiger charge is -2.27. The van der Waals surface area contributed by atoms with Crippen LogP contribution in [0.4, 0.5) is 0 Å². The second-order valence-corrected chi connectivity index (χ2v) is 10.6. The molecule has 0 aliphatic carbocycles. The van der Waals surface area contributed by atoms with E-state index in [1.54, 1.807) is 0 Å². The standard InChI is InChI=1S/C20H23NSi/c1-4-10-20(15-17-11-8-9-12-18(17)16-21)22(2,3)19-13-6-5-7-14-19/h5-9,11-15H,4,10H2,1-3H3/b20-15+. The molecule has 0 heterocycles. The summed E-state index contributed by atoms with van der Waals surface area (Å²) in [6.07, 6.45) is 4.49. The molecule has 2 heteroatoms. The molecule has 0 unspecified atom stereocenters. The van der Waals surface area contributed by atoms with Crippen molar-refractivity contribution in [2.45, 2.75) is 32.9 Å². The van der Waals surface area contributed by atoms with E-state index in [0.29, 0.717) is 0 Å². The van der Waals surface area contributed by atoms with E-state index in [4.69, 9.17) is 0 Å². The Morgan fingerprint density at radius 1 is 1.05 bits per heavy atom.